The Labute approximate surface area is 169 Å². The molecule has 2 aromatic carbocycles. The molecule has 0 aliphatic carbocycles. The third kappa shape index (κ3) is 3.45. The van der Waals surface area contributed by atoms with Crippen LogP contribution in [-0.4, -0.2) is 49.7 Å². The molecule has 1 aromatic heterocycles. The van der Waals surface area contributed by atoms with Crippen molar-refractivity contribution >= 4 is 38.0 Å². The van der Waals surface area contributed by atoms with Crippen molar-refractivity contribution in [2.75, 3.05) is 26.2 Å². The van der Waals surface area contributed by atoms with Crippen LogP contribution in [0.15, 0.2) is 53.4 Å². The normalized spacial score (nSPS) is 15.9. The molecule has 28 heavy (non-hydrogen) atoms. The lowest BCUT2D eigenvalue weighted by atomic mass is 10.1. The number of fused-ring (bicyclic) bond motifs is 1. The number of carbonyl (C=O) groups excluding carboxylic acids is 1. The van der Waals surface area contributed by atoms with Gasteiger partial charge >= 0.3 is 0 Å². The Balaban J connectivity index is 1.48. The van der Waals surface area contributed by atoms with Gasteiger partial charge in [-0.15, -0.1) is 11.3 Å². The molecule has 1 amide bonds. The van der Waals surface area contributed by atoms with Crippen LogP contribution >= 0.6 is 11.3 Å². The van der Waals surface area contributed by atoms with Gasteiger partial charge in [0.25, 0.3) is 5.91 Å². The summed E-state index contributed by atoms with van der Waals surface area (Å²) in [6.07, 6.45) is 0. The second-order valence-electron chi connectivity index (χ2n) is 7.04. The van der Waals surface area contributed by atoms with Crippen LogP contribution in [-0.2, 0) is 10.0 Å². The van der Waals surface area contributed by atoms with E-state index in [1.807, 2.05) is 56.3 Å². The Morgan fingerprint density at radius 3 is 2.25 bits per heavy atom. The van der Waals surface area contributed by atoms with Gasteiger partial charge < -0.3 is 4.90 Å². The van der Waals surface area contributed by atoms with E-state index in [0.29, 0.717) is 36.6 Å². The number of sulfonamides is 1. The summed E-state index contributed by atoms with van der Waals surface area (Å²) >= 11 is 1.49. The second kappa shape index (κ2) is 7.31. The molecule has 1 aliphatic rings. The zero-order valence-corrected chi connectivity index (χ0v) is 17.5. The van der Waals surface area contributed by atoms with E-state index in [1.54, 1.807) is 11.0 Å². The number of hydrogen-bond donors (Lipinski definition) is 0. The van der Waals surface area contributed by atoms with Gasteiger partial charge in [-0.25, -0.2) is 8.42 Å². The van der Waals surface area contributed by atoms with Gasteiger partial charge in [0, 0.05) is 41.5 Å². The molecule has 2 heterocycles. The Bertz CT molecular complexity index is 1140. The van der Waals surface area contributed by atoms with Crippen LogP contribution < -0.4 is 0 Å². The molecule has 5 nitrogen and oxygen atoms in total. The van der Waals surface area contributed by atoms with Crippen molar-refractivity contribution in [1.82, 2.24) is 9.21 Å². The van der Waals surface area contributed by atoms with Gasteiger partial charge in [0.2, 0.25) is 10.0 Å². The van der Waals surface area contributed by atoms with E-state index >= 15 is 0 Å². The Morgan fingerprint density at radius 1 is 0.929 bits per heavy atom. The van der Waals surface area contributed by atoms with E-state index < -0.39 is 10.0 Å². The lowest BCUT2D eigenvalue weighted by Crippen LogP contribution is -2.50. The molecule has 1 fully saturated rings. The van der Waals surface area contributed by atoms with Crippen molar-refractivity contribution in [2.24, 2.45) is 0 Å². The predicted octanol–water partition coefficient (Wildman–Crippen LogP) is 3.66. The van der Waals surface area contributed by atoms with Gasteiger partial charge in [-0.1, -0.05) is 30.3 Å². The highest BCUT2D eigenvalue weighted by Gasteiger charge is 2.32. The van der Waals surface area contributed by atoms with Crippen LogP contribution in [0.4, 0.5) is 0 Å². The summed E-state index contributed by atoms with van der Waals surface area (Å²) in [7, 11) is -3.51. The summed E-state index contributed by atoms with van der Waals surface area (Å²) in [5, 5.41) is 2.12. The van der Waals surface area contributed by atoms with E-state index in [-0.39, 0.29) is 5.91 Å². The van der Waals surface area contributed by atoms with E-state index in [2.05, 4.69) is 0 Å². The number of nitrogens with zero attached hydrogens (tertiary/aromatic N) is 2. The molecule has 1 saturated heterocycles. The smallest absolute Gasteiger partial charge is 0.253 e. The molecular formula is C21H22N2O3S2. The molecular weight excluding hydrogens is 392 g/mol. The summed E-state index contributed by atoms with van der Waals surface area (Å²) in [6.45, 7) is 5.17. The van der Waals surface area contributed by atoms with Crippen LogP contribution in [0.1, 0.15) is 20.1 Å². The van der Waals surface area contributed by atoms with E-state index in [1.165, 1.54) is 15.6 Å². The number of thiophene rings is 1. The van der Waals surface area contributed by atoms with Crippen molar-refractivity contribution < 1.29 is 13.2 Å². The summed E-state index contributed by atoms with van der Waals surface area (Å²) in [6, 6.07) is 15.4. The molecule has 0 saturated carbocycles. The van der Waals surface area contributed by atoms with Crippen molar-refractivity contribution in [1.29, 1.82) is 0 Å². The molecule has 0 unspecified atom stereocenters. The average Bonchev–Trinajstić information content (AvgIpc) is 3.06. The molecule has 0 bridgehead atoms. The van der Waals surface area contributed by atoms with E-state index in [9.17, 15) is 13.2 Å². The molecule has 0 spiro atoms. The van der Waals surface area contributed by atoms with Crippen molar-refractivity contribution in [3.8, 4) is 0 Å². The van der Waals surface area contributed by atoms with E-state index in [0.717, 1.165) is 20.5 Å². The highest BCUT2D eigenvalue weighted by Crippen LogP contribution is 2.28. The second-order valence-corrected chi connectivity index (χ2v) is 10.4. The van der Waals surface area contributed by atoms with Crippen LogP contribution in [0.2, 0.25) is 0 Å². The number of hydrogen-bond acceptors (Lipinski definition) is 4. The standard InChI is InChI=1S/C21H22N2O3S2/c1-15-13-20(16(2)27-15)28(25,26)23-11-9-22(10-12-23)21(24)19-8-7-17-5-3-4-6-18(17)14-19/h3-8,13-14H,9-12H2,1-2H3. The minimum absolute atomic E-state index is 0.0506. The quantitative estimate of drug-likeness (QED) is 0.657. The number of aryl methyl sites for hydroxylation is 2. The maximum absolute atomic E-state index is 12.9. The molecule has 3 aromatic rings. The average molecular weight is 415 g/mol. The van der Waals surface area contributed by atoms with Crippen molar-refractivity contribution in [3.63, 3.8) is 0 Å². The SMILES string of the molecule is Cc1cc(S(=O)(=O)N2CCN(C(=O)c3ccc4ccccc4c3)CC2)c(C)s1. The van der Waals surface area contributed by atoms with Crippen LogP contribution in [0, 0.1) is 13.8 Å². The molecule has 146 valence electrons. The molecule has 0 N–H and O–H groups in total. The van der Waals surface area contributed by atoms with Crippen LogP contribution in [0.25, 0.3) is 10.8 Å². The summed E-state index contributed by atoms with van der Waals surface area (Å²) in [4.78, 5) is 16.8. The first-order chi connectivity index (χ1) is 13.4. The first kappa shape index (κ1) is 19.1. The van der Waals surface area contributed by atoms with Crippen LogP contribution in [0.5, 0.6) is 0 Å². The zero-order chi connectivity index (χ0) is 19.9. The highest BCUT2D eigenvalue weighted by atomic mass is 32.2. The molecule has 7 heteroatoms. The van der Waals surface area contributed by atoms with E-state index in [4.69, 9.17) is 0 Å². The largest absolute Gasteiger partial charge is 0.336 e. The minimum atomic E-state index is -3.51. The predicted molar refractivity (Wildman–Crippen MR) is 112 cm³/mol. The first-order valence-corrected chi connectivity index (χ1v) is 11.5. The molecule has 0 atom stereocenters. The first-order valence-electron chi connectivity index (χ1n) is 9.21. The van der Waals surface area contributed by atoms with Gasteiger partial charge in [-0.3, -0.25) is 4.79 Å². The summed E-state index contributed by atoms with van der Waals surface area (Å²) in [5.41, 5.74) is 0.638. The Hall–Kier alpha value is -2.22. The number of benzene rings is 2. The summed E-state index contributed by atoms with van der Waals surface area (Å²) < 4.78 is 27.4. The maximum atomic E-state index is 12.9. The summed E-state index contributed by atoms with van der Waals surface area (Å²) in [5.74, 6) is -0.0506. The van der Waals surface area contributed by atoms with Crippen LogP contribution in [0.3, 0.4) is 0 Å². The Kier molecular flexibility index (Phi) is 4.99. The fourth-order valence-electron chi connectivity index (χ4n) is 3.64. The lowest BCUT2D eigenvalue weighted by molar-refractivity contribution is 0.0698. The van der Waals surface area contributed by atoms with Gasteiger partial charge in [-0.2, -0.15) is 4.31 Å². The van der Waals surface area contributed by atoms with Gasteiger partial charge in [0.15, 0.2) is 0 Å². The van der Waals surface area contributed by atoms with Gasteiger partial charge in [0.05, 0.1) is 4.90 Å². The van der Waals surface area contributed by atoms with Gasteiger partial charge in [0.1, 0.15) is 0 Å². The number of rotatable bonds is 3. The fraction of sp³-hybridized carbons (Fsp3) is 0.286. The third-order valence-electron chi connectivity index (χ3n) is 5.14. The third-order valence-corrected chi connectivity index (χ3v) is 8.26. The minimum Gasteiger partial charge on any atom is -0.336 e. The highest BCUT2D eigenvalue weighted by molar-refractivity contribution is 7.89. The number of amides is 1. The molecule has 4 rings (SSSR count). The molecule has 0 radical (unpaired) electrons. The molecule has 1 aliphatic heterocycles. The van der Waals surface area contributed by atoms with Gasteiger partial charge in [-0.05, 0) is 42.8 Å². The fourth-order valence-corrected chi connectivity index (χ4v) is 6.59. The monoisotopic (exact) mass is 414 g/mol. The Morgan fingerprint density at radius 2 is 1.61 bits per heavy atom. The van der Waals surface area contributed by atoms with Crippen molar-refractivity contribution in [2.45, 2.75) is 18.7 Å². The van der Waals surface area contributed by atoms with Crippen molar-refractivity contribution in [3.05, 3.63) is 63.8 Å². The topological polar surface area (TPSA) is 57.7 Å². The number of carbonyl (C=O) groups is 1. The maximum Gasteiger partial charge on any atom is 0.253 e. The number of piperazine rings is 1. The lowest BCUT2D eigenvalue weighted by Gasteiger charge is -2.34. The zero-order valence-electron chi connectivity index (χ0n) is 15.9.